The number of benzene rings is 2. The Balaban J connectivity index is 1.93. The number of fused-ring (bicyclic) bond motifs is 1. The lowest BCUT2D eigenvalue weighted by atomic mass is 9.85. The van der Waals surface area contributed by atoms with Crippen molar-refractivity contribution in [1.82, 2.24) is 0 Å². The maximum Gasteiger partial charge on any atom is 0.0713 e. The van der Waals surface area contributed by atoms with Gasteiger partial charge in [-0.2, -0.15) is 0 Å². The standard InChI is InChI=1S/C16H16OS2/c1-16(11-17,12-7-3-2-4-8-12)15-18-13-9-5-6-10-14(13)19-15/h2-10,15,17H,11H2,1H3/t16-/m0/s1. The van der Waals surface area contributed by atoms with Crippen LogP contribution in [-0.4, -0.2) is 16.3 Å². The Bertz CT molecular complexity index is 545. The predicted octanol–water partition coefficient (Wildman–Crippen LogP) is 4.16. The quantitative estimate of drug-likeness (QED) is 0.916. The van der Waals surface area contributed by atoms with Crippen LogP contribution in [0.2, 0.25) is 0 Å². The van der Waals surface area contributed by atoms with Gasteiger partial charge in [-0.15, -0.1) is 23.5 Å². The highest BCUT2D eigenvalue weighted by atomic mass is 32.2. The van der Waals surface area contributed by atoms with Gasteiger partial charge in [-0.3, -0.25) is 0 Å². The molecule has 0 amide bonds. The summed E-state index contributed by atoms with van der Waals surface area (Å²) in [7, 11) is 0. The average molecular weight is 288 g/mol. The molecule has 0 saturated carbocycles. The molecule has 0 aromatic heterocycles. The van der Waals surface area contributed by atoms with Gasteiger partial charge in [0.2, 0.25) is 0 Å². The van der Waals surface area contributed by atoms with Gasteiger partial charge >= 0.3 is 0 Å². The number of hydrogen-bond donors (Lipinski definition) is 1. The van der Waals surface area contributed by atoms with Crippen molar-refractivity contribution in [2.75, 3.05) is 6.61 Å². The molecule has 3 rings (SSSR count). The summed E-state index contributed by atoms with van der Waals surface area (Å²) in [6.07, 6.45) is 0. The fraction of sp³-hybridized carbons (Fsp3) is 0.250. The van der Waals surface area contributed by atoms with Gasteiger partial charge in [0.1, 0.15) is 0 Å². The normalized spacial score (nSPS) is 18.0. The van der Waals surface area contributed by atoms with Crippen molar-refractivity contribution in [3.05, 3.63) is 60.2 Å². The lowest BCUT2D eigenvalue weighted by molar-refractivity contribution is 0.217. The summed E-state index contributed by atoms with van der Waals surface area (Å²) < 4.78 is 0.317. The van der Waals surface area contributed by atoms with Crippen LogP contribution in [0.5, 0.6) is 0 Å². The van der Waals surface area contributed by atoms with E-state index in [-0.39, 0.29) is 12.0 Å². The smallest absolute Gasteiger partial charge is 0.0713 e. The minimum Gasteiger partial charge on any atom is -0.395 e. The first-order chi connectivity index (χ1) is 9.24. The van der Waals surface area contributed by atoms with Crippen molar-refractivity contribution in [1.29, 1.82) is 0 Å². The van der Waals surface area contributed by atoms with Crippen molar-refractivity contribution in [3.63, 3.8) is 0 Å². The van der Waals surface area contributed by atoms with E-state index in [4.69, 9.17) is 0 Å². The van der Waals surface area contributed by atoms with Crippen molar-refractivity contribution < 1.29 is 5.11 Å². The van der Waals surface area contributed by atoms with Crippen LogP contribution >= 0.6 is 23.5 Å². The third-order valence-electron chi connectivity index (χ3n) is 3.60. The van der Waals surface area contributed by atoms with Crippen molar-refractivity contribution >= 4 is 23.5 Å². The SMILES string of the molecule is C[C@](CO)(c1ccccc1)C1Sc2ccccc2S1. The maximum atomic E-state index is 9.95. The molecule has 19 heavy (non-hydrogen) atoms. The molecule has 3 heteroatoms. The second-order valence-electron chi connectivity index (χ2n) is 4.96. The summed E-state index contributed by atoms with van der Waals surface area (Å²) in [6.45, 7) is 2.31. The minimum atomic E-state index is -0.227. The molecular formula is C16H16OS2. The zero-order valence-electron chi connectivity index (χ0n) is 10.7. The summed E-state index contributed by atoms with van der Waals surface area (Å²) in [6, 6.07) is 18.8. The molecule has 1 N–H and O–H groups in total. The first-order valence-electron chi connectivity index (χ1n) is 6.33. The molecule has 0 spiro atoms. The van der Waals surface area contributed by atoms with Gasteiger partial charge in [-0.05, 0) is 17.7 Å². The van der Waals surface area contributed by atoms with Crippen LogP contribution in [-0.2, 0) is 5.41 Å². The lowest BCUT2D eigenvalue weighted by Crippen LogP contribution is -2.35. The van der Waals surface area contributed by atoms with E-state index < -0.39 is 0 Å². The third-order valence-corrected chi connectivity index (χ3v) is 6.99. The number of hydrogen-bond acceptors (Lipinski definition) is 3. The Labute approximate surface area is 122 Å². The van der Waals surface area contributed by atoms with E-state index in [0.29, 0.717) is 4.58 Å². The van der Waals surface area contributed by atoms with E-state index in [1.165, 1.54) is 15.4 Å². The molecule has 0 bridgehead atoms. The Morgan fingerprint density at radius 3 is 2.00 bits per heavy atom. The van der Waals surface area contributed by atoms with Gasteiger partial charge in [0, 0.05) is 15.2 Å². The van der Waals surface area contributed by atoms with Gasteiger partial charge < -0.3 is 5.11 Å². The van der Waals surface area contributed by atoms with Crippen LogP contribution < -0.4 is 0 Å². The molecule has 1 aliphatic heterocycles. The Kier molecular flexibility index (Phi) is 3.61. The molecule has 2 aromatic rings. The van der Waals surface area contributed by atoms with Crippen LogP contribution in [0.3, 0.4) is 0 Å². The Morgan fingerprint density at radius 1 is 0.947 bits per heavy atom. The fourth-order valence-electron chi connectivity index (χ4n) is 2.28. The zero-order chi connectivity index (χ0) is 13.3. The highest BCUT2D eigenvalue weighted by molar-refractivity contribution is 8.19. The molecular weight excluding hydrogens is 272 g/mol. The minimum absolute atomic E-state index is 0.162. The van der Waals surface area contributed by atoms with Gasteiger partial charge in [-0.1, -0.05) is 49.4 Å². The predicted molar refractivity (Wildman–Crippen MR) is 82.8 cm³/mol. The van der Waals surface area contributed by atoms with Crippen LogP contribution in [0, 0.1) is 0 Å². The molecule has 1 heterocycles. The van der Waals surface area contributed by atoms with E-state index in [1.54, 1.807) is 0 Å². The van der Waals surface area contributed by atoms with Crippen molar-refractivity contribution in [2.45, 2.75) is 26.7 Å². The van der Waals surface area contributed by atoms with Crippen molar-refractivity contribution in [2.24, 2.45) is 0 Å². The number of aliphatic hydroxyl groups excluding tert-OH is 1. The van der Waals surface area contributed by atoms with Crippen LogP contribution in [0.15, 0.2) is 64.4 Å². The van der Waals surface area contributed by atoms with E-state index in [9.17, 15) is 5.11 Å². The van der Waals surface area contributed by atoms with E-state index >= 15 is 0 Å². The summed E-state index contributed by atoms with van der Waals surface area (Å²) in [4.78, 5) is 2.65. The van der Waals surface area contributed by atoms with E-state index in [0.717, 1.165) is 0 Å². The molecule has 0 unspecified atom stereocenters. The van der Waals surface area contributed by atoms with E-state index in [1.807, 2.05) is 41.7 Å². The average Bonchev–Trinajstić information content (AvgIpc) is 2.92. The summed E-state index contributed by atoms with van der Waals surface area (Å²) >= 11 is 3.73. The summed E-state index contributed by atoms with van der Waals surface area (Å²) in [5.74, 6) is 0. The van der Waals surface area contributed by atoms with Crippen LogP contribution in [0.25, 0.3) is 0 Å². The highest BCUT2D eigenvalue weighted by Crippen LogP contribution is 2.54. The molecule has 0 fully saturated rings. The number of thioether (sulfide) groups is 2. The maximum absolute atomic E-state index is 9.95. The first-order valence-corrected chi connectivity index (χ1v) is 8.09. The van der Waals surface area contributed by atoms with Crippen LogP contribution in [0.1, 0.15) is 12.5 Å². The monoisotopic (exact) mass is 288 g/mol. The Hall–Kier alpha value is -0.900. The Morgan fingerprint density at radius 2 is 1.47 bits per heavy atom. The first kappa shape index (κ1) is 13.1. The second-order valence-corrected chi connectivity index (χ2v) is 7.55. The summed E-state index contributed by atoms with van der Waals surface area (Å²) in [5, 5.41) is 9.95. The van der Waals surface area contributed by atoms with Crippen LogP contribution in [0.4, 0.5) is 0 Å². The fourth-order valence-corrected chi connectivity index (χ4v) is 5.47. The molecule has 1 nitrogen and oxygen atoms in total. The second kappa shape index (κ2) is 5.23. The van der Waals surface area contributed by atoms with Gasteiger partial charge in [0.05, 0.1) is 11.2 Å². The molecule has 0 radical (unpaired) electrons. The van der Waals surface area contributed by atoms with Gasteiger partial charge in [0.15, 0.2) is 0 Å². The molecule has 1 aliphatic rings. The molecule has 1 atom stereocenters. The third kappa shape index (κ3) is 2.31. The molecule has 0 aliphatic carbocycles. The van der Waals surface area contributed by atoms with Gasteiger partial charge in [-0.25, -0.2) is 0 Å². The van der Waals surface area contributed by atoms with Crippen molar-refractivity contribution in [3.8, 4) is 0 Å². The van der Waals surface area contributed by atoms with E-state index in [2.05, 4.69) is 43.3 Å². The topological polar surface area (TPSA) is 20.2 Å². The number of rotatable bonds is 3. The zero-order valence-corrected chi connectivity index (χ0v) is 12.4. The number of aliphatic hydroxyl groups is 1. The molecule has 0 saturated heterocycles. The molecule has 2 aromatic carbocycles. The van der Waals surface area contributed by atoms with Gasteiger partial charge in [0.25, 0.3) is 0 Å². The highest BCUT2D eigenvalue weighted by Gasteiger charge is 2.40. The largest absolute Gasteiger partial charge is 0.395 e. The lowest BCUT2D eigenvalue weighted by Gasteiger charge is -2.33. The summed E-state index contributed by atoms with van der Waals surface area (Å²) in [5.41, 5.74) is 0.977. The molecule has 98 valence electrons.